The molecule has 0 saturated carbocycles. The lowest BCUT2D eigenvalue weighted by atomic mass is 9.90. The lowest BCUT2D eigenvalue weighted by molar-refractivity contribution is 0.207. The minimum absolute atomic E-state index is 0.0534. The predicted molar refractivity (Wildman–Crippen MR) is 95.1 cm³/mol. The van der Waals surface area contributed by atoms with Crippen LogP contribution in [0.2, 0.25) is 0 Å². The van der Waals surface area contributed by atoms with Crippen molar-refractivity contribution in [1.82, 2.24) is 4.90 Å². The van der Waals surface area contributed by atoms with E-state index in [2.05, 4.69) is 40.3 Å². The zero-order valence-corrected chi connectivity index (χ0v) is 14.1. The van der Waals surface area contributed by atoms with Gasteiger partial charge in [0.2, 0.25) is 0 Å². The van der Waals surface area contributed by atoms with E-state index >= 15 is 0 Å². The number of aryl methyl sites for hydroxylation is 1. The van der Waals surface area contributed by atoms with Gasteiger partial charge in [0.25, 0.3) is 0 Å². The van der Waals surface area contributed by atoms with Crippen molar-refractivity contribution in [2.24, 2.45) is 0 Å². The fourth-order valence-electron chi connectivity index (χ4n) is 3.91. The number of rotatable bonds is 2. The van der Waals surface area contributed by atoms with Gasteiger partial charge in [-0.3, -0.25) is 0 Å². The van der Waals surface area contributed by atoms with E-state index in [-0.39, 0.29) is 12.1 Å². The molecule has 23 heavy (non-hydrogen) atoms. The van der Waals surface area contributed by atoms with Gasteiger partial charge >= 0.3 is 6.03 Å². The molecule has 2 aliphatic rings. The predicted octanol–water partition coefficient (Wildman–Crippen LogP) is 5.00. The van der Waals surface area contributed by atoms with Gasteiger partial charge in [0.05, 0.1) is 6.04 Å². The molecule has 1 atom stereocenters. The number of nitrogens with zero attached hydrogens (tertiary/aromatic N) is 1. The zero-order valence-electron chi connectivity index (χ0n) is 13.3. The van der Waals surface area contributed by atoms with Gasteiger partial charge in [-0.05, 0) is 78.1 Å². The standard InChI is InChI=1S/C19H22N2OS/c22-19(21-11-4-9-18(21)15-10-12-23-13-15)20-17-8-3-6-14-5-1-2-7-16(14)17/h3,6,8,10,12-13,18H,1-2,4-5,7,9,11H2,(H,20,22). The number of carbonyl (C=O) groups is 1. The molecule has 0 spiro atoms. The summed E-state index contributed by atoms with van der Waals surface area (Å²) >= 11 is 1.70. The van der Waals surface area contributed by atoms with Crippen LogP contribution in [-0.2, 0) is 12.8 Å². The third-order valence-electron chi connectivity index (χ3n) is 5.08. The van der Waals surface area contributed by atoms with Crippen LogP contribution in [0.1, 0.15) is 48.4 Å². The molecule has 1 aliphatic heterocycles. The molecule has 1 fully saturated rings. The first-order valence-electron chi connectivity index (χ1n) is 8.53. The van der Waals surface area contributed by atoms with E-state index in [0.29, 0.717) is 0 Å². The minimum atomic E-state index is 0.0534. The van der Waals surface area contributed by atoms with Gasteiger partial charge in [0.15, 0.2) is 0 Å². The molecule has 0 radical (unpaired) electrons. The molecule has 2 aromatic rings. The van der Waals surface area contributed by atoms with E-state index in [1.165, 1.54) is 29.5 Å². The summed E-state index contributed by atoms with van der Waals surface area (Å²) < 4.78 is 0. The summed E-state index contributed by atoms with van der Waals surface area (Å²) in [4.78, 5) is 14.8. The molecule has 1 aromatic heterocycles. The van der Waals surface area contributed by atoms with E-state index in [1.807, 2.05) is 4.90 Å². The highest BCUT2D eigenvalue weighted by atomic mass is 32.1. The van der Waals surface area contributed by atoms with Gasteiger partial charge in [-0.25, -0.2) is 4.79 Å². The van der Waals surface area contributed by atoms with Crippen LogP contribution in [-0.4, -0.2) is 17.5 Å². The Morgan fingerprint density at radius 3 is 2.96 bits per heavy atom. The lowest BCUT2D eigenvalue weighted by Gasteiger charge is -2.26. The summed E-state index contributed by atoms with van der Waals surface area (Å²) in [6.45, 7) is 0.849. The summed E-state index contributed by atoms with van der Waals surface area (Å²) in [7, 11) is 0. The summed E-state index contributed by atoms with van der Waals surface area (Å²) in [6, 6.07) is 8.76. The second-order valence-corrected chi connectivity index (χ2v) is 7.27. The molecule has 3 nitrogen and oxygen atoms in total. The SMILES string of the molecule is O=C(Nc1cccc2c1CCCC2)N1CCCC1c1ccsc1. The second-order valence-electron chi connectivity index (χ2n) is 6.49. The van der Waals surface area contributed by atoms with Crippen molar-refractivity contribution in [3.63, 3.8) is 0 Å². The van der Waals surface area contributed by atoms with Gasteiger partial charge in [0.1, 0.15) is 0 Å². The molecule has 1 N–H and O–H groups in total. The van der Waals surface area contributed by atoms with Gasteiger partial charge in [0, 0.05) is 12.2 Å². The summed E-state index contributed by atoms with van der Waals surface area (Å²) in [5.74, 6) is 0. The largest absolute Gasteiger partial charge is 0.322 e. The molecule has 4 heteroatoms. The van der Waals surface area contributed by atoms with Crippen LogP contribution in [0.15, 0.2) is 35.0 Å². The molecule has 1 aromatic carbocycles. The maximum atomic E-state index is 12.8. The average Bonchev–Trinajstić information content (AvgIpc) is 3.26. The van der Waals surface area contributed by atoms with Gasteiger partial charge in [-0.2, -0.15) is 11.3 Å². The number of likely N-dealkylation sites (tertiary alicyclic amines) is 1. The maximum Gasteiger partial charge on any atom is 0.322 e. The summed E-state index contributed by atoms with van der Waals surface area (Å²) in [5, 5.41) is 7.46. The van der Waals surface area contributed by atoms with Gasteiger partial charge < -0.3 is 10.2 Å². The number of nitrogens with one attached hydrogen (secondary N) is 1. The Hall–Kier alpha value is -1.81. The zero-order chi connectivity index (χ0) is 15.6. The number of hydrogen-bond donors (Lipinski definition) is 1. The number of thiophene rings is 1. The first-order valence-corrected chi connectivity index (χ1v) is 9.48. The first-order chi connectivity index (χ1) is 11.3. The third kappa shape index (κ3) is 2.88. The molecule has 1 saturated heterocycles. The summed E-state index contributed by atoms with van der Waals surface area (Å²) in [6.07, 6.45) is 6.86. The number of urea groups is 1. The first kappa shape index (κ1) is 14.8. The fourth-order valence-corrected chi connectivity index (χ4v) is 4.61. The molecule has 4 rings (SSSR count). The molecular weight excluding hydrogens is 304 g/mol. The Bertz CT molecular complexity index is 695. The normalized spacial score (nSPS) is 20.3. The van der Waals surface area contributed by atoms with Crippen molar-refractivity contribution in [2.75, 3.05) is 11.9 Å². The molecule has 1 unspecified atom stereocenters. The number of fused-ring (bicyclic) bond motifs is 1. The highest BCUT2D eigenvalue weighted by molar-refractivity contribution is 7.08. The van der Waals surface area contributed by atoms with E-state index in [1.54, 1.807) is 11.3 Å². The van der Waals surface area contributed by atoms with Crippen LogP contribution in [0.4, 0.5) is 10.5 Å². The molecular formula is C19H22N2OS. The number of anilines is 1. The van der Waals surface area contributed by atoms with Crippen molar-refractivity contribution in [3.05, 3.63) is 51.7 Å². The number of amides is 2. The highest BCUT2D eigenvalue weighted by Gasteiger charge is 2.30. The van der Waals surface area contributed by atoms with Crippen LogP contribution in [0.3, 0.4) is 0 Å². The van der Waals surface area contributed by atoms with Crippen molar-refractivity contribution < 1.29 is 4.79 Å². The Labute approximate surface area is 141 Å². The second kappa shape index (κ2) is 6.36. The minimum Gasteiger partial charge on any atom is -0.317 e. The topological polar surface area (TPSA) is 32.3 Å². The monoisotopic (exact) mass is 326 g/mol. The van der Waals surface area contributed by atoms with Crippen LogP contribution >= 0.6 is 11.3 Å². The van der Waals surface area contributed by atoms with Crippen LogP contribution in [0.25, 0.3) is 0 Å². The molecule has 1 aliphatic carbocycles. The quantitative estimate of drug-likeness (QED) is 0.828. The smallest absolute Gasteiger partial charge is 0.317 e. The van der Waals surface area contributed by atoms with Crippen molar-refractivity contribution in [1.29, 1.82) is 0 Å². The Kier molecular flexibility index (Phi) is 4.08. The van der Waals surface area contributed by atoms with E-state index < -0.39 is 0 Å². The lowest BCUT2D eigenvalue weighted by Crippen LogP contribution is -2.34. The summed E-state index contributed by atoms with van der Waals surface area (Å²) in [5.41, 5.74) is 5.05. The molecule has 2 amide bonds. The highest BCUT2D eigenvalue weighted by Crippen LogP contribution is 2.34. The van der Waals surface area contributed by atoms with Crippen molar-refractivity contribution in [3.8, 4) is 0 Å². The Morgan fingerprint density at radius 2 is 2.09 bits per heavy atom. The van der Waals surface area contributed by atoms with Crippen molar-refractivity contribution >= 4 is 23.1 Å². The Morgan fingerprint density at radius 1 is 1.17 bits per heavy atom. The van der Waals surface area contributed by atoms with Gasteiger partial charge in [-0.1, -0.05) is 12.1 Å². The van der Waals surface area contributed by atoms with Crippen LogP contribution in [0, 0.1) is 0 Å². The fraction of sp³-hybridized carbons (Fsp3) is 0.421. The number of carbonyl (C=O) groups excluding carboxylic acids is 1. The van der Waals surface area contributed by atoms with Crippen LogP contribution in [0.5, 0.6) is 0 Å². The van der Waals surface area contributed by atoms with E-state index in [9.17, 15) is 4.79 Å². The van der Waals surface area contributed by atoms with Crippen molar-refractivity contribution in [2.45, 2.75) is 44.6 Å². The van der Waals surface area contributed by atoms with Crippen LogP contribution < -0.4 is 5.32 Å². The number of hydrogen-bond acceptors (Lipinski definition) is 2. The van der Waals surface area contributed by atoms with Gasteiger partial charge in [-0.15, -0.1) is 0 Å². The van der Waals surface area contributed by atoms with E-state index in [4.69, 9.17) is 0 Å². The number of benzene rings is 1. The average molecular weight is 326 g/mol. The molecule has 120 valence electrons. The third-order valence-corrected chi connectivity index (χ3v) is 5.78. The maximum absolute atomic E-state index is 12.8. The molecule has 2 heterocycles. The Balaban J connectivity index is 1.54. The molecule has 0 bridgehead atoms. The van der Waals surface area contributed by atoms with E-state index in [0.717, 1.165) is 37.9 Å².